The van der Waals surface area contributed by atoms with E-state index in [0.717, 1.165) is 0 Å². The number of hydrogen-bond donors (Lipinski definition) is 2. The molecule has 4 nitrogen and oxygen atoms in total. The molecular weight excluding hydrogens is 230 g/mol. The van der Waals surface area contributed by atoms with Crippen LogP contribution in [-0.4, -0.2) is 46.9 Å². The maximum absolute atomic E-state index is 11.8. The second kappa shape index (κ2) is 5.18. The fourth-order valence-electron chi connectivity index (χ4n) is 1.26. The smallest absolute Gasteiger partial charge is 0.182 e. The lowest BCUT2D eigenvalue weighted by atomic mass is 10.1. The van der Waals surface area contributed by atoms with Crippen LogP contribution < -0.4 is 0 Å². The largest absolute Gasteiger partial charge is 0.504 e. The number of Topliss-reactive ketones (excluding diaryl/α,β-unsaturated/α-hetero) is 1. The molecule has 2 N–H and O–H groups in total. The number of hydrogen-bond acceptors (Lipinski definition) is 4. The van der Waals surface area contributed by atoms with Crippen molar-refractivity contribution in [2.75, 3.05) is 20.6 Å². The molecule has 1 rings (SSSR count). The zero-order valence-electron chi connectivity index (χ0n) is 9.14. The summed E-state index contributed by atoms with van der Waals surface area (Å²) >= 11 is 5.92. The topological polar surface area (TPSA) is 60.8 Å². The van der Waals surface area contributed by atoms with Gasteiger partial charge in [-0.05, 0) is 32.3 Å². The van der Waals surface area contributed by atoms with E-state index in [2.05, 4.69) is 0 Å². The third-order valence-electron chi connectivity index (χ3n) is 2.07. The summed E-state index contributed by atoms with van der Waals surface area (Å²) in [5.41, 5.74) is 0.289. The van der Waals surface area contributed by atoms with Crippen molar-refractivity contribution in [3.63, 3.8) is 0 Å². The Morgan fingerprint density at radius 3 is 2.50 bits per heavy atom. The maximum atomic E-state index is 11.8. The molecule has 1 aromatic carbocycles. The molecule has 0 amide bonds. The van der Waals surface area contributed by atoms with Gasteiger partial charge in [0.25, 0.3) is 0 Å². The number of carbonyl (C=O) groups excluding carboxylic acids is 1. The van der Waals surface area contributed by atoms with Crippen molar-refractivity contribution in [1.29, 1.82) is 0 Å². The van der Waals surface area contributed by atoms with Gasteiger partial charge in [-0.2, -0.15) is 0 Å². The van der Waals surface area contributed by atoms with Crippen molar-refractivity contribution in [2.45, 2.75) is 5.38 Å². The van der Waals surface area contributed by atoms with Gasteiger partial charge in [-0.15, -0.1) is 11.6 Å². The molecule has 0 fully saturated rings. The van der Waals surface area contributed by atoms with Crippen LogP contribution in [0.2, 0.25) is 0 Å². The van der Waals surface area contributed by atoms with E-state index < -0.39 is 5.38 Å². The first kappa shape index (κ1) is 12.8. The lowest BCUT2D eigenvalue weighted by molar-refractivity contribution is 0.0976. The molecule has 16 heavy (non-hydrogen) atoms. The van der Waals surface area contributed by atoms with Gasteiger partial charge in [0.2, 0.25) is 0 Å². The van der Waals surface area contributed by atoms with Gasteiger partial charge in [-0.3, -0.25) is 4.79 Å². The lowest BCUT2D eigenvalue weighted by Gasteiger charge is -2.14. The van der Waals surface area contributed by atoms with Gasteiger partial charge in [-0.25, -0.2) is 0 Å². The molecule has 0 aromatic heterocycles. The first-order valence-corrected chi connectivity index (χ1v) is 5.20. The summed E-state index contributed by atoms with van der Waals surface area (Å²) in [6.07, 6.45) is 0. The number of phenolic OH excluding ortho intramolecular Hbond substituents is 2. The van der Waals surface area contributed by atoms with E-state index in [1.165, 1.54) is 18.2 Å². The second-order valence-electron chi connectivity index (χ2n) is 3.80. The summed E-state index contributed by atoms with van der Waals surface area (Å²) in [5, 5.41) is 17.7. The first-order chi connectivity index (χ1) is 7.41. The minimum absolute atomic E-state index is 0.254. The van der Waals surface area contributed by atoms with E-state index in [4.69, 9.17) is 16.7 Å². The van der Waals surface area contributed by atoms with Gasteiger partial charge in [0.15, 0.2) is 17.3 Å². The number of phenols is 2. The number of ketones is 1. The van der Waals surface area contributed by atoms with Crippen LogP contribution >= 0.6 is 11.6 Å². The molecule has 0 aliphatic rings. The van der Waals surface area contributed by atoms with Crippen LogP contribution in [-0.2, 0) is 0 Å². The van der Waals surface area contributed by atoms with Crippen LogP contribution in [0.5, 0.6) is 11.5 Å². The Labute approximate surface area is 99.1 Å². The van der Waals surface area contributed by atoms with Crippen LogP contribution in [0.4, 0.5) is 0 Å². The van der Waals surface area contributed by atoms with Crippen LogP contribution in [0.3, 0.4) is 0 Å². The van der Waals surface area contributed by atoms with Gasteiger partial charge in [0.1, 0.15) is 5.38 Å². The van der Waals surface area contributed by atoms with E-state index >= 15 is 0 Å². The van der Waals surface area contributed by atoms with Gasteiger partial charge < -0.3 is 15.1 Å². The Hall–Kier alpha value is -1.26. The van der Waals surface area contributed by atoms with E-state index in [0.29, 0.717) is 6.54 Å². The Bertz CT molecular complexity index is 393. The molecule has 0 heterocycles. The number of halogens is 1. The monoisotopic (exact) mass is 243 g/mol. The molecule has 5 heteroatoms. The Morgan fingerprint density at radius 1 is 1.38 bits per heavy atom. The molecule has 0 unspecified atom stereocenters. The molecule has 0 radical (unpaired) electrons. The fourth-order valence-corrected chi connectivity index (χ4v) is 1.66. The molecule has 0 aliphatic carbocycles. The summed E-state index contributed by atoms with van der Waals surface area (Å²) in [4.78, 5) is 13.6. The number of benzene rings is 1. The Morgan fingerprint density at radius 2 is 2.00 bits per heavy atom. The van der Waals surface area contributed by atoms with Crippen molar-refractivity contribution < 1.29 is 15.0 Å². The zero-order chi connectivity index (χ0) is 12.3. The molecule has 0 aliphatic heterocycles. The van der Waals surface area contributed by atoms with Crippen LogP contribution in [0.15, 0.2) is 18.2 Å². The normalized spacial score (nSPS) is 12.8. The predicted octanol–water partition coefficient (Wildman–Crippen LogP) is 1.45. The zero-order valence-corrected chi connectivity index (χ0v) is 9.90. The SMILES string of the molecule is CN(C)C[C@@H](Cl)C(=O)c1ccc(O)c(O)c1. The average Bonchev–Trinajstić information content (AvgIpc) is 2.20. The standard InChI is InChI=1S/C11H14ClNO3/c1-13(2)6-8(12)11(16)7-3-4-9(14)10(15)5-7/h3-5,8,14-15H,6H2,1-2H3/t8-/m1/s1. The van der Waals surface area contributed by atoms with Crippen molar-refractivity contribution in [3.8, 4) is 11.5 Å². The number of nitrogens with zero attached hydrogens (tertiary/aromatic N) is 1. The summed E-state index contributed by atoms with van der Waals surface area (Å²) < 4.78 is 0. The number of rotatable bonds is 4. The highest BCUT2D eigenvalue weighted by Gasteiger charge is 2.19. The minimum Gasteiger partial charge on any atom is -0.504 e. The Balaban J connectivity index is 2.84. The highest BCUT2D eigenvalue weighted by Crippen LogP contribution is 2.25. The van der Waals surface area contributed by atoms with Crippen molar-refractivity contribution in [3.05, 3.63) is 23.8 Å². The quantitative estimate of drug-likeness (QED) is 0.477. The van der Waals surface area contributed by atoms with Crippen molar-refractivity contribution >= 4 is 17.4 Å². The molecule has 0 bridgehead atoms. The molecule has 0 saturated carbocycles. The molecule has 0 spiro atoms. The third kappa shape index (κ3) is 3.12. The van der Waals surface area contributed by atoms with E-state index in [1.54, 1.807) is 4.90 Å². The van der Waals surface area contributed by atoms with Crippen LogP contribution in [0.25, 0.3) is 0 Å². The maximum Gasteiger partial charge on any atom is 0.182 e. The van der Waals surface area contributed by atoms with Crippen molar-refractivity contribution in [1.82, 2.24) is 4.90 Å². The van der Waals surface area contributed by atoms with Gasteiger partial charge in [-0.1, -0.05) is 0 Å². The first-order valence-electron chi connectivity index (χ1n) is 4.77. The van der Waals surface area contributed by atoms with Gasteiger partial charge >= 0.3 is 0 Å². The minimum atomic E-state index is -0.668. The molecule has 0 saturated heterocycles. The van der Waals surface area contributed by atoms with Crippen molar-refractivity contribution in [2.24, 2.45) is 0 Å². The van der Waals surface area contributed by atoms with E-state index in [9.17, 15) is 9.90 Å². The third-order valence-corrected chi connectivity index (χ3v) is 2.41. The number of aromatic hydroxyl groups is 2. The average molecular weight is 244 g/mol. The number of carbonyl (C=O) groups is 1. The summed E-state index contributed by atoms with van der Waals surface area (Å²) in [5.74, 6) is -0.847. The summed E-state index contributed by atoms with van der Waals surface area (Å²) in [7, 11) is 3.63. The molecule has 1 aromatic rings. The molecule has 88 valence electrons. The van der Waals surface area contributed by atoms with Gasteiger partial charge in [0.05, 0.1) is 0 Å². The van der Waals surface area contributed by atoms with Crippen LogP contribution in [0, 0.1) is 0 Å². The number of alkyl halides is 1. The van der Waals surface area contributed by atoms with Gasteiger partial charge in [0, 0.05) is 12.1 Å². The highest BCUT2D eigenvalue weighted by molar-refractivity contribution is 6.34. The lowest BCUT2D eigenvalue weighted by Crippen LogP contribution is -2.28. The molecule has 1 atom stereocenters. The second-order valence-corrected chi connectivity index (χ2v) is 4.32. The predicted molar refractivity (Wildman–Crippen MR) is 62.3 cm³/mol. The molecular formula is C11H14ClNO3. The fraction of sp³-hybridized carbons (Fsp3) is 0.364. The van der Waals surface area contributed by atoms with E-state index in [-0.39, 0.29) is 22.8 Å². The van der Waals surface area contributed by atoms with E-state index in [1.807, 2.05) is 14.1 Å². The van der Waals surface area contributed by atoms with Crippen LogP contribution in [0.1, 0.15) is 10.4 Å². The summed E-state index contributed by atoms with van der Waals surface area (Å²) in [6, 6.07) is 3.91. The Kier molecular flexibility index (Phi) is 4.15. The summed E-state index contributed by atoms with van der Waals surface area (Å²) in [6.45, 7) is 0.419. The highest BCUT2D eigenvalue weighted by atomic mass is 35.5.